The molecule has 0 unspecified atom stereocenters. The topological polar surface area (TPSA) is 510 Å². The van der Waals surface area contributed by atoms with E-state index < -0.39 is 168 Å². The second-order valence-corrected chi connectivity index (χ2v) is 24.3. The minimum Gasteiger partial charge on any atom is -0.508 e. The first-order valence-corrected chi connectivity index (χ1v) is 30.9. The van der Waals surface area contributed by atoms with Gasteiger partial charge in [-0.25, -0.2) is 4.79 Å². The zero-order chi connectivity index (χ0) is 69.7. The maximum absolute atomic E-state index is 14.7. The number of aliphatic carboxylic acids is 2. The van der Waals surface area contributed by atoms with Gasteiger partial charge in [0.15, 0.2) is 5.96 Å². The second kappa shape index (κ2) is 39.2. The Morgan fingerprint density at radius 1 is 0.457 bits per heavy atom. The molecule has 12 atom stereocenters. The van der Waals surface area contributed by atoms with Crippen molar-refractivity contribution in [2.75, 3.05) is 6.54 Å². The van der Waals surface area contributed by atoms with E-state index in [1.54, 1.807) is 81.4 Å². The summed E-state index contributed by atoms with van der Waals surface area (Å²) in [7, 11) is 0. The van der Waals surface area contributed by atoms with Gasteiger partial charge >= 0.3 is 11.9 Å². The Morgan fingerprint density at radius 3 is 1.28 bits per heavy atom. The number of phenols is 2. The van der Waals surface area contributed by atoms with E-state index in [4.69, 9.17) is 22.9 Å². The monoisotopic (exact) mass is 1290 g/mol. The molecule has 0 saturated heterocycles. The fourth-order valence-corrected chi connectivity index (χ4v) is 9.48. The van der Waals surface area contributed by atoms with Crippen molar-refractivity contribution in [2.45, 2.75) is 200 Å². The van der Waals surface area contributed by atoms with Crippen molar-refractivity contribution in [3.8, 4) is 11.5 Å². The zero-order valence-corrected chi connectivity index (χ0v) is 54.2. The third-order valence-electron chi connectivity index (χ3n) is 15.1. The molecule has 0 aliphatic rings. The Kier molecular flexibility index (Phi) is 33.7. The Morgan fingerprint density at radius 2 is 0.837 bits per heavy atom. The van der Waals surface area contributed by atoms with Gasteiger partial charge in [0.2, 0.25) is 59.1 Å². The number of carboxylic acids is 2. The molecule has 2 rings (SSSR count). The third kappa shape index (κ3) is 28.4. The first kappa shape index (κ1) is 79.0. The quantitative estimate of drug-likeness (QED) is 0.0222. The molecule has 0 aromatic heterocycles. The molecule has 0 fully saturated rings. The van der Waals surface area contributed by atoms with E-state index in [1.165, 1.54) is 36.4 Å². The normalized spacial score (nSPS) is 15.2. The molecule has 0 aliphatic heterocycles. The van der Waals surface area contributed by atoms with Crippen LogP contribution in [0.3, 0.4) is 0 Å². The number of carbonyl (C=O) groups is 12. The van der Waals surface area contributed by atoms with Crippen LogP contribution < -0.4 is 70.8 Å². The number of hydrogen-bond donors (Lipinski definition) is 17. The lowest BCUT2D eigenvalue weighted by Gasteiger charge is -2.31. The fraction of sp³-hybridized carbons (Fsp3) is 0.597. The van der Waals surface area contributed by atoms with Gasteiger partial charge < -0.3 is 91.2 Å². The summed E-state index contributed by atoms with van der Waals surface area (Å²) in [5, 5.41) is 62.5. The van der Waals surface area contributed by atoms with Crippen molar-refractivity contribution in [2.24, 2.45) is 57.5 Å². The van der Waals surface area contributed by atoms with Crippen LogP contribution in [0.1, 0.15) is 138 Å². The van der Waals surface area contributed by atoms with Crippen molar-refractivity contribution in [3.63, 3.8) is 0 Å². The molecule has 2 aromatic rings. The van der Waals surface area contributed by atoms with E-state index in [-0.39, 0.29) is 80.8 Å². The Bertz CT molecular complexity index is 2850. The van der Waals surface area contributed by atoms with Crippen molar-refractivity contribution >= 4 is 77.0 Å². The number of hydrogen-bond acceptors (Lipinski definition) is 16. The Balaban J connectivity index is 2.59. The number of guanidine groups is 1. The molecule has 0 spiro atoms. The van der Waals surface area contributed by atoms with Crippen LogP contribution in [-0.2, 0) is 70.4 Å². The summed E-state index contributed by atoms with van der Waals surface area (Å²) in [6.45, 7) is 17.1. The molecule has 30 heteroatoms. The van der Waals surface area contributed by atoms with Gasteiger partial charge in [-0.3, -0.25) is 57.7 Å². The van der Waals surface area contributed by atoms with Gasteiger partial charge in [-0.1, -0.05) is 106 Å². The van der Waals surface area contributed by atoms with Crippen LogP contribution in [0.15, 0.2) is 53.5 Å². The number of aliphatic imine (C=N–C) groups is 1. The van der Waals surface area contributed by atoms with Gasteiger partial charge in [-0.2, -0.15) is 0 Å². The lowest BCUT2D eigenvalue weighted by Crippen LogP contribution is -2.62. The number of aromatic hydroxyl groups is 2. The molecule has 2 aromatic carbocycles. The molecule has 92 heavy (non-hydrogen) atoms. The van der Waals surface area contributed by atoms with E-state index in [2.05, 4.69) is 52.8 Å². The van der Waals surface area contributed by atoms with Crippen LogP contribution >= 0.6 is 0 Å². The predicted molar refractivity (Wildman–Crippen MR) is 340 cm³/mol. The van der Waals surface area contributed by atoms with Crippen LogP contribution in [0.4, 0.5) is 0 Å². The van der Waals surface area contributed by atoms with Crippen LogP contribution in [0, 0.1) is 29.6 Å². The van der Waals surface area contributed by atoms with E-state index in [0.717, 1.165) is 0 Å². The summed E-state index contributed by atoms with van der Waals surface area (Å²) in [6.07, 6.45) is -2.00. The highest BCUT2D eigenvalue weighted by Crippen LogP contribution is 2.18. The summed E-state index contributed by atoms with van der Waals surface area (Å²) in [4.78, 5) is 168. The van der Waals surface area contributed by atoms with Gasteiger partial charge in [0.25, 0.3) is 0 Å². The van der Waals surface area contributed by atoms with Gasteiger partial charge in [0.05, 0.1) is 12.5 Å². The molecule has 0 saturated carbocycles. The summed E-state index contributed by atoms with van der Waals surface area (Å²) in [6, 6.07) is -3.04. The predicted octanol–water partition coefficient (Wildman–Crippen LogP) is -0.708. The van der Waals surface area contributed by atoms with E-state index in [9.17, 15) is 78.0 Å². The smallest absolute Gasteiger partial charge is 0.326 e. The average molecular weight is 1300 g/mol. The number of carboxylic acid groups (broad SMARTS) is 2. The van der Waals surface area contributed by atoms with Crippen LogP contribution in [0.25, 0.3) is 0 Å². The fourth-order valence-electron chi connectivity index (χ4n) is 9.48. The molecule has 0 bridgehead atoms. The zero-order valence-electron chi connectivity index (χ0n) is 54.2. The maximum atomic E-state index is 14.7. The van der Waals surface area contributed by atoms with E-state index in [1.807, 2.05) is 0 Å². The minimum absolute atomic E-state index is 0.00886. The van der Waals surface area contributed by atoms with Gasteiger partial charge in [0, 0.05) is 19.4 Å². The van der Waals surface area contributed by atoms with E-state index >= 15 is 0 Å². The molecular weight excluding hydrogens is 1200 g/mol. The summed E-state index contributed by atoms with van der Waals surface area (Å²) < 4.78 is 0. The Hall–Kier alpha value is -9.09. The molecule has 0 aliphatic carbocycles. The SMILES string of the molecule is CC[C@H](C)[C@H](NC(=O)[C@H](Cc1ccc(O)cc1)NC(=O)[C@H](CCC(=O)O)NC(=O)[C@H](CCCN=C(N)N)NC(=O)[C@H](CC(N)=O)NC(=O)[C@@H](NC(=O)[C@@H](N)Cc1ccc(O)cc1)[C@@H](C)CC)C(=O)N[C@@H](CC(C)C)C(=O)N[C@H](C(=O)N[C@@H](CC(C)C)C(=O)O)C(C)C. The van der Waals surface area contributed by atoms with Crippen molar-refractivity contribution < 1.29 is 78.0 Å². The largest absolute Gasteiger partial charge is 0.508 e. The first-order valence-electron chi connectivity index (χ1n) is 30.9. The highest BCUT2D eigenvalue weighted by Gasteiger charge is 2.38. The molecule has 0 radical (unpaired) electrons. The summed E-state index contributed by atoms with van der Waals surface area (Å²) in [5.74, 6) is -14.7. The van der Waals surface area contributed by atoms with Gasteiger partial charge in [0.1, 0.15) is 65.9 Å². The average Bonchev–Trinajstić information content (AvgIpc) is 2.27. The number of nitrogens with one attached hydrogen (secondary N) is 9. The van der Waals surface area contributed by atoms with Gasteiger partial charge in [-0.15, -0.1) is 0 Å². The maximum Gasteiger partial charge on any atom is 0.326 e. The van der Waals surface area contributed by atoms with Crippen LogP contribution in [0.5, 0.6) is 11.5 Å². The number of primary amides is 1. The van der Waals surface area contributed by atoms with Crippen molar-refractivity contribution in [3.05, 3.63) is 59.7 Å². The third-order valence-corrected chi connectivity index (χ3v) is 15.1. The highest BCUT2D eigenvalue weighted by atomic mass is 16.4. The lowest BCUT2D eigenvalue weighted by molar-refractivity contribution is -0.143. The summed E-state index contributed by atoms with van der Waals surface area (Å²) >= 11 is 0. The number of carbonyl (C=O) groups excluding carboxylic acids is 10. The molecule has 10 amide bonds. The molecule has 0 heterocycles. The molecule has 21 N–H and O–H groups in total. The molecule has 512 valence electrons. The number of nitrogens with two attached hydrogens (primary N) is 4. The highest BCUT2D eigenvalue weighted by molar-refractivity contribution is 5.99. The minimum atomic E-state index is -1.78. The number of benzene rings is 2. The van der Waals surface area contributed by atoms with Crippen LogP contribution in [0.2, 0.25) is 0 Å². The van der Waals surface area contributed by atoms with Crippen LogP contribution in [-0.4, -0.2) is 164 Å². The van der Waals surface area contributed by atoms with Crippen molar-refractivity contribution in [1.82, 2.24) is 47.9 Å². The lowest BCUT2D eigenvalue weighted by atomic mass is 9.95. The molecule has 30 nitrogen and oxygen atoms in total. The molecular formula is C62H98N14O16. The van der Waals surface area contributed by atoms with Crippen molar-refractivity contribution in [1.29, 1.82) is 0 Å². The second-order valence-electron chi connectivity index (χ2n) is 24.3. The number of amides is 10. The number of rotatable bonds is 41. The standard InChI is InChI=1S/C62H98N14O16/c1-11-34(9)50(75-52(82)40(63)28-36-15-19-38(77)20-16-36)59(89)72-45(30-47(64)79)55(85)68-41(14-13-25-67-62(65)66)53(83)69-42(23-24-48(80)81)54(84)70-44(29-37-17-21-39(78)22-18-37)57(87)76-51(35(10)12-2)60(90)71-43(26-31(3)4)56(86)74-49(33(7)8)58(88)73-46(61(91)92)27-32(5)6/h15-22,31-35,40-46,49-51,77-78H,11-14,23-30,63H2,1-10H3,(H2,64,79)(H,68,85)(H,69,83)(H,70,84)(H,71,90)(H,72,89)(H,73,88)(H,74,86)(H,75,82)(H,76,87)(H,80,81)(H,91,92)(H4,65,66,67)/t34-,35-,40-,41-,42-,43-,44-,45-,46-,49-,50-,51-/m0/s1. The number of nitrogens with zero attached hydrogens (tertiary/aromatic N) is 1. The first-order chi connectivity index (χ1) is 43.1. The number of phenolic OH excluding ortho intramolecular Hbond substituents is 2. The summed E-state index contributed by atoms with van der Waals surface area (Å²) in [5.41, 5.74) is 23.8. The van der Waals surface area contributed by atoms with Gasteiger partial charge in [-0.05, 0) is 104 Å². The van der Waals surface area contributed by atoms with E-state index in [0.29, 0.717) is 17.5 Å². The Labute approximate surface area is 536 Å².